The number of hydrogen-bond donors (Lipinski definition) is 1. The van der Waals surface area contributed by atoms with Crippen LogP contribution in [-0.4, -0.2) is 28.3 Å². The van der Waals surface area contributed by atoms with Crippen molar-refractivity contribution in [2.24, 2.45) is 0 Å². The minimum atomic E-state index is -3.58. The van der Waals surface area contributed by atoms with Gasteiger partial charge in [-0.05, 0) is 34.6 Å². The summed E-state index contributed by atoms with van der Waals surface area (Å²) in [7, 11) is -3.58. The molecule has 0 aliphatic heterocycles. The summed E-state index contributed by atoms with van der Waals surface area (Å²) in [4.78, 5) is 9.57. The van der Waals surface area contributed by atoms with Gasteiger partial charge in [0.25, 0.3) is 0 Å². The first-order valence-electron chi connectivity index (χ1n) is 4.59. The Morgan fingerprint density at radius 1 is 1.31 bits per heavy atom. The van der Waals surface area contributed by atoms with E-state index in [1.807, 2.05) is 27.7 Å². The molecule has 0 fully saturated rings. The van der Waals surface area contributed by atoms with E-state index >= 15 is 0 Å². The van der Waals surface area contributed by atoms with E-state index in [2.05, 4.69) is 0 Å². The van der Waals surface area contributed by atoms with Crippen LogP contribution in [0.2, 0.25) is 0 Å². The van der Waals surface area contributed by atoms with E-state index in [9.17, 15) is 9.46 Å². The van der Waals surface area contributed by atoms with E-state index in [4.69, 9.17) is 4.52 Å². The van der Waals surface area contributed by atoms with Crippen LogP contribution in [0.4, 0.5) is 0 Å². The van der Waals surface area contributed by atoms with Gasteiger partial charge in [-0.15, -0.1) is 0 Å². The van der Waals surface area contributed by atoms with Crippen molar-refractivity contribution in [3.8, 4) is 0 Å². The standard InChI is InChI=1S/C8H20NO3P/c1-6-12-13(10,11)9(7(2)3)8(4)5/h7-8H,6H2,1-5H3,(H,10,11). The third-order valence-corrected chi connectivity index (χ3v) is 3.75. The van der Waals surface area contributed by atoms with Gasteiger partial charge in [-0.2, -0.15) is 0 Å². The van der Waals surface area contributed by atoms with E-state index < -0.39 is 7.75 Å². The summed E-state index contributed by atoms with van der Waals surface area (Å²) in [6.45, 7) is 9.47. The van der Waals surface area contributed by atoms with Crippen LogP contribution in [0.25, 0.3) is 0 Å². The number of rotatable bonds is 5. The molecule has 1 atom stereocenters. The Labute approximate surface area is 80.5 Å². The minimum Gasteiger partial charge on any atom is -0.312 e. The second kappa shape index (κ2) is 5.11. The van der Waals surface area contributed by atoms with Crippen LogP contribution in [-0.2, 0) is 9.09 Å². The molecule has 0 aromatic carbocycles. The third kappa shape index (κ3) is 3.77. The average Bonchev–Trinajstić information content (AvgIpc) is 1.82. The van der Waals surface area contributed by atoms with Crippen molar-refractivity contribution in [3.63, 3.8) is 0 Å². The van der Waals surface area contributed by atoms with Crippen LogP contribution < -0.4 is 0 Å². The molecule has 0 spiro atoms. The third-order valence-electron chi connectivity index (χ3n) is 1.65. The summed E-state index contributed by atoms with van der Waals surface area (Å²) in [5.41, 5.74) is 0. The van der Waals surface area contributed by atoms with Crippen LogP contribution in [0.3, 0.4) is 0 Å². The molecule has 4 nitrogen and oxygen atoms in total. The van der Waals surface area contributed by atoms with E-state index in [-0.39, 0.29) is 18.7 Å². The van der Waals surface area contributed by atoms with Gasteiger partial charge in [0, 0.05) is 12.1 Å². The SMILES string of the molecule is CCOP(=O)(O)N(C(C)C)C(C)C. The molecule has 0 aromatic rings. The topological polar surface area (TPSA) is 49.8 Å². The maximum absolute atomic E-state index is 11.7. The molecule has 0 aliphatic rings. The maximum Gasteiger partial charge on any atom is 0.406 e. The van der Waals surface area contributed by atoms with Gasteiger partial charge in [0.2, 0.25) is 0 Å². The van der Waals surface area contributed by atoms with Crippen molar-refractivity contribution in [2.45, 2.75) is 46.7 Å². The van der Waals surface area contributed by atoms with Gasteiger partial charge in [0.15, 0.2) is 0 Å². The molecule has 0 bridgehead atoms. The van der Waals surface area contributed by atoms with Gasteiger partial charge in [-0.1, -0.05) is 0 Å². The van der Waals surface area contributed by atoms with Crippen LogP contribution in [0.15, 0.2) is 0 Å². The monoisotopic (exact) mass is 209 g/mol. The van der Waals surface area contributed by atoms with Crippen LogP contribution >= 0.6 is 7.75 Å². The molecule has 13 heavy (non-hydrogen) atoms. The van der Waals surface area contributed by atoms with E-state index in [1.165, 1.54) is 4.67 Å². The molecular formula is C8H20NO3P. The molecule has 0 aliphatic carbocycles. The number of nitrogens with zero attached hydrogens (tertiary/aromatic N) is 1. The highest BCUT2D eigenvalue weighted by atomic mass is 31.2. The van der Waals surface area contributed by atoms with Crippen molar-refractivity contribution in [1.29, 1.82) is 0 Å². The highest BCUT2D eigenvalue weighted by molar-refractivity contribution is 7.50. The lowest BCUT2D eigenvalue weighted by Gasteiger charge is -2.32. The summed E-state index contributed by atoms with van der Waals surface area (Å²) in [5, 5.41) is 0. The smallest absolute Gasteiger partial charge is 0.312 e. The zero-order chi connectivity index (χ0) is 10.6. The Hall–Kier alpha value is 0.110. The van der Waals surface area contributed by atoms with Gasteiger partial charge < -0.3 is 4.89 Å². The van der Waals surface area contributed by atoms with Crippen molar-refractivity contribution in [3.05, 3.63) is 0 Å². The molecule has 0 saturated carbocycles. The minimum absolute atomic E-state index is 0.00221. The van der Waals surface area contributed by atoms with Crippen LogP contribution in [0, 0.1) is 0 Å². The summed E-state index contributed by atoms with van der Waals surface area (Å²) >= 11 is 0. The fourth-order valence-corrected chi connectivity index (χ4v) is 3.05. The van der Waals surface area contributed by atoms with Crippen LogP contribution in [0.5, 0.6) is 0 Å². The van der Waals surface area contributed by atoms with Gasteiger partial charge >= 0.3 is 7.75 Å². The predicted octanol–water partition coefficient (Wildman–Crippen LogP) is 2.24. The fourth-order valence-electron chi connectivity index (χ4n) is 1.41. The number of hydrogen-bond acceptors (Lipinski definition) is 2. The lowest BCUT2D eigenvalue weighted by molar-refractivity contribution is 0.173. The van der Waals surface area contributed by atoms with E-state index in [0.717, 1.165) is 0 Å². The lowest BCUT2D eigenvalue weighted by atomic mass is 10.3. The van der Waals surface area contributed by atoms with Crippen molar-refractivity contribution >= 4 is 7.75 Å². The summed E-state index contributed by atoms with van der Waals surface area (Å²) < 4.78 is 18.0. The van der Waals surface area contributed by atoms with E-state index in [0.29, 0.717) is 0 Å². The summed E-state index contributed by atoms with van der Waals surface area (Å²) in [6.07, 6.45) is 0. The molecule has 0 radical (unpaired) electrons. The summed E-state index contributed by atoms with van der Waals surface area (Å²) in [5.74, 6) is 0. The van der Waals surface area contributed by atoms with Gasteiger partial charge in [-0.25, -0.2) is 9.24 Å². The summed E-state index contributed by atoms with van der Waals surface area (Å²) in [6, 6.07) is 0.00441. The van der Waals surface area contributed by atoms with Gasteiger partial charge in [0.1, 0.15) is 0 Å². The van der Waals surface area contributed by atoms with Gasteiger partial charge in [0.05, 0.1) is 6.61 Å². The molecule has 5 heteroatoms. The molecule has 0 heterocycles. The normalized spacial score (nSPS) is 17.0. The molecule has 0 amide bonds. The molecule has 0 rings (SSSR count). The molecular weight excluding hydrogens is 189 g/mol. The Bertz CT molecular complexity index is 186. The Balaban J connectivity index is 4.63. The van der Waals surface area contributed by atoms with Crippen molar-refractivity contribution in [1.82, 2.24) is 4.67 Å². The predicted molar refractivity (Wildman–Crippen MR) is 53.6 cm³/mol. The van der Waals surface area contributed by atoms with Crippen LogP contribution in [0.1, 0.15) is 34.6 Å². The maximum atomic E-state index is 11.7. The quantitative estimate of drug-likeness (QED) is 0.705. The zero-order valence-corrected chi connectivity index (χ0v) is 9.91. The van der Waals surface area contributed by atoms with Crippen molar-refractivity contribution < 1.29 is 14.0 Å². The Morgan fingerprint density at radius 2 is 1.69 bits per heavy atom. The molecule has 1 unspecified atom stereocenters. The molecule has 0 saturated heterocycles. The first-order valence-corrected chi connectivity index (χ1v) is 6.12. The lowest BCUT2D eigenvalue weighted by Crippen LogP contribution is -2.34. The van der Waals surface area contributed by atoms with Crippen molar-refractivity contribution in [2.75, 3.05) is 6.61 Å². The van der Waals surface area contributed by atoms with Gasteiger partial charge in [-0.3, -0.25) is 4.52 Å². The largest absolute Gasteiger partial charge is 0.406 e. The fraction of sp³-hybridized carbons (Fsp3) is 1.00. The average molecular weight is 209 g/mol. The van der Waals surface area contributed by atoms with E-state index in [1.54, 1.807) is 6.92 Å². The molecule has 80 valence electrons. The Morgan fingerprint density at radius 3 is 1.92 bits per heavy atom. The molecule has 0 aromatic heterocycles. The highest BCUT2D eigenvalue weighted by Crippen LogP contribution is 2.48. The Kier molecular flexibility index (Phi) is 5.15. The molecule has 1 N–H and O–H groups in total. The second-order valence-corrected chi connectivity index (χ2v) is 5.18. The first kappa shape index (κ1) is 13.1. The second-order valence-electron chi connectivity index (χ2n) is 3.48. The zero-order valence-electron chi connectivity index (χ0n) is 9.02. The first-order chi connectivity index (χ1) is 5.83. The highest BCUT2D eigenvalue weighted by Gasteiger charge is 2.33.